The van der Waals surface area contributed by atoms with E-state index in [4.69, 9.17) is 22.1 Å². The summed E-state index contributed by atoms with van der Waals surface area (Å²) in [6, 6.07) is 8.44. The molecule has 0 bridgehead atoms. The first-order chi connectivity index (χ1) is 20.2. The average Bonchev–Trinajstić information content (AvgIpc) is 3.54. The molecule has 2 fully saturated rings. The number of amides is 1. The van der Waals surface area contributed by atoms with Crippen molar-refractivity contribution in [3.63, 3.8) is 0 Å². The standard InChI is InChI=1S/C29H27ClF6N4O3/c1-15-10-20(19-4-2-17(31)12-23(19)33)28(37,14-15)26(41)39-9-7-16(11-25(39)43-27(42)29(34,35)36)24-6-8-38-40(24)18-3-5-22(32)21(30)13-18/h2-6,8,12-13,15-16,20,25H,7,9-11,14,37H2,1H3/t15-,16?,20+,25?,28+/m0/s1. The van der Waals surface area contributed by atoms with Crippen LogP contribution >= 0.6 is 11.6 Å². The minimum atomic E-state index is -5.34. The minimum absolute atomic E-state index is 0.0159. The van der Waals surface area contributed by atoms with Crippen LogP contribution < -0.4 is 5.73 Å². The summed E-state index contributed by atoms with van der Waals surface area (Å²) in [5.74, 6) is -7.28. The number of esters is 1. The van der Waals surface area contributed by atoms with E-state index < -0.39 is 59.1 Å². The number of hydrogen-bond donors (Lipinski definition) is 1. The van der Waals surface area contributed by atoms with Crippen molar-refractivity contribution in [2.24, 2.45) is 11.7 Å². The smallest absolute Gasteiger partial charge is 0.435 e. The summed E-state index contributed by atoms with van der Waals surface area (Å²) in [6.07, 6.45) is -5.24. The highest BCUT2D eigenvalue weighted by Crippen LogP contribution is 2.47. The van der Waals surface area contributed by atoms with E-state index in [-0.39, 0.29) is 48.7 Å². The molecule has 3 aromatic rings. The maximum absolute atomic E-state index is 14.8. The lowest BCUT2D eigenvalue weighted by Gasteiger charge is -2.43. The molecule has 2 heterocycles. The normalized spacial score (nSPS) is 26.0. The molecule has 5 atom stereocenters. The molecule has 2 N–H and O–H groups in total. The lowest BCUT2D eigenvalue weighted by molar-refractivity contribution is -0.216. The summed E-state index contributed by atoms with van der Waals surface area (Å²) in [5, 5.41) is 4.07. The minimum Gasteiger partial charge on any atom is -0.435 e. The van der Waals surface area contributed by atoms with Gasteiger partial charge in [0.25, 0.3) is 0 Å². The van der Waals surface area contributed by atoms with E-state index in [1.165, 1.54) is 29.1 Å². The number of carbonyl (C=O) groups is 2. The number of carbonyl (C=O) groups excluding carboxylic acids is 2. The van der Waals surface area contributed by atoms with Crippen LogP contribution in [0.3, 0.4) is 0 Å². The number of likely N-dealkylation sites (tertiary alicyclic amines) is 1. The topological polar surface area (TPSA) is 90.5 Å². The summed E-state index contributed by atoms with van der Waals surface area (Å²) in [4.78, 5) is 27.1. The van der Waals surface area contributed by atoms with E-state index >= 15 is 0 Å². The maximum atomic E-state index is 14.8. The molecule has 1 aliphatic carbocycles. The fourth-order valence-corrected chi connectivity index (χ4v) is 6.47. The number of piperidine rings is 1. The molecular weight excluding hydrogens is 602 g/mol. The molecule has 14 heteroatoms. The van der Waals surface area contributed by atoms with Crippen molar-refractivity contribution in [3.05, 3.63) is 82.4 Å². The van der Waals surface area contributed by atoms with Crippen molar-refractivity contribution in [1.29, 1.82) is 0 Å². The van der Waals surface area contributed by atoms with Crippen LogP contribution in [0.15, 0.2) is 48.7 Å². The van der Waals surface area contributed by atoms with Gasteiger partial charge in [-0.3, -0.25) is 4.79 Å². The molecular formula is C29H27ClF6N4O3. The highest BCUT2D eigenvalue weighted by atomic mass is 35.5. The average molecular weight is 629 g/mol. The number of aromatic nitrogens is 2. The van der Waals surface area contributed by atoms with Gasteiger partial charge in [0.2, 0.25) is 5.91 Å². The van der Waals surface area contributed by atoms with Crippen molar-refractivity contribution in [3.8, 4) is 5.69 Å². The van der Waals surface area contributed by atoms with Gasteiger partial charge in [-0.05, 0) is 61.1 Å². The van der Waals surface area contributed by atoms with Gasteiger partial charge in [-0.1, -0.05) is 24.6 Å². The Morgan fingerprint density at radius 3 is 2.49 bits per heavy atom. The Morgan fingerprint density at radius 1 is 1.07 bits per heavy atom. The zero-order chi connectivity index (χ0) is 31.3. The molecule has 0 spiro atoms. The third-order valence-electron chi connectivity index (χ3n) is 8.21. The lowest BCUT2D eigenvalue weighted by atomic mass is 9.80. The summed E-state index contributed by atoms with van der Waals surface area (Å²) < 4.78 is 88.5. The van der Waals surface area contributed by atoms with Crippen LogP contribution in [0.4, 0.5) is 26.3 Å². The Bertz CT molecular complexity index is 1550. The van der Waals surface area contributed by atoms with Gasteiger partial charge in [-0.2, -0.15) is 18.3 Å². The molecule has 43 heavy (non-hydrogen) atoms. The number of nitrogens with two attached hydrogens (primary N) is 1. The first-order valence-corrected chi connectivity index (χ1v) is 13.9. The van der Waals surface area contributed by atoms with Crippen molar-refractivity contribution in [2.45, 2.75) is 62.4 Å². The molecule has 1 saturated carbocycles. The van der Waals surface area contributed by atoms with Crippen LogP contribution in [0.2, 0.25) is 5.02 Å². The number of ether oxygens (including phenoxy) is 1. The molecule has 7 nitrogen and oxygen atoms in total. The van der Waals surface area contributed by atoms with Crippen LogP contribution in [0.1, 0.15) is 55.7 Å². The second-order valence-corrected chi connectivity index (χ2v) is 11.6. The number of halogens is 7. The zero-order valence-corrected chi connectivity index (χ0v) is 23.5. The number of nitrogens with zero attached hydrogens (tertiary/aromatic N) is 3. The van der Waals surface area contributed by atoms with Gasteiger partial charge >= 0.3 is 12.1 Å². The predicted octanol–water partition coefficient (Wildman–Crippen LogP) is 5.99. The molecule has 1 amide bonds. The van der Waals surface area contributed by atoms with E-state index in [2.05, 4.69) is 5.10 Å². The monoisotopic (exact) mass is 628 g/mol. The van der Waals surface area contributed by atoms with Crippen molar-refractivity contribution in [2.75, 3.05) is 6.54 Å². The summed E-state index contributed by atoms with van der Waals surface area (Å²) in [6.45, 7) is 1.65. The lowest BCUT2D eigenvalue weighted by Crippen LogP contribution is -2.61. The van der Waals surface area contributed by atoms with Crippen LogP contribution in [-0.4, -0.2) is 51.0 Å². The van der Waals surface area contributed by atoms with E-state index in [0.717, 1.165) is 17.0 Å². The second-order valence-electron chi connectivity index (χ2n) is 11.1. The number of benzene rings is 2. The van der Waals surface area contributed by atoms with Crippen LogP contribution in [0.5, 0.6) is 0 Å². The van der Waals surface area contributed by atoms with E-state index in [1.54, 1.807) is 13.0 Å². The first kappa shape index (κ1) is 30.9. The molecule has 5 rings (SSSR count). The Labute approximate surface area is 247 Å². The third kappa shape index (κ3) is 5.97. The van der Waals surface area contributed by atoms with Crippen molar-refractivity contribution in [1.82, 2.24) is 14.7 Å². The molecule has 1 aromatic heterocycles. The maximum Gasteiger partial charge on any atom is 0.491 e. The third-order valence-corrected chi connectivity index (χ3v) is 8.50. The fourth-order valence-electron chi connectivity index (χ4n) is 6.29. The molecule has 2 aromatic carbocycles. The number of hydrogen-bond acceptors (Lipinski definition) is 5. The Balaban J connectivity index is 1.47. The quantitative estimate of drug-likeness (QED) is 0.277. The SMILES string of the molecule is C[C@H]1C[C@H](c2ccc(F)cc2F)[C@@](N)(C(=O)N2CCC(c3ccnn3-c3ccc(F)c(Cl)c3)CC2OC(=O)C(F)(F)F)C1. The van der Waals surface area contributed by atoms with Gasteiger partial charge in [0.15, 0.2) is 6.23 Å². The largest absolute Gasteiger partial charge is 0.491 e. The van der Waals surface area contributed by atoms with Gasteiger partial charge in [-0.25, -0.2) is 22.6 Å². The Kier molecular flexibility index (Phi) is 8.25. The summed E-state index contributed by atoms with van der Waals surface area (Å²) in [7, 11) is 0. The zero-order valence-electron chi connectivity index (χ0n) is 22.8. The Hall–Kier alpha value is -3.58. The molecule has 0 radical (unpaired) electrons. The van der Waals surface area contributed by atoms with Crippen LogP contribution in [0, 0.1) is 23.4 Å². The number of rotatable bonds is 5. The van der Waals surface area contributed by atoms with Crippen LogP contribution in [0.25, 0.3) is 5.69 Å². The highest BCUT2D eigenvalue weighted by Gasteiger charge is 2.54. The highest BCUT2D eigenvalue weighted by molar-refractivity contribution is 6.30. The Morgan fingerprint density at radius 2 is 1.81 bits per heavy atom. The predicted molar refractivity (Wildman–Crippen MR) is 143 cm³/mol. The van der Waals surface area contributed by atoms with Gasteiger partial charge in [0.1, 0.15) is 23.0 Å². The molecule has 2 unspecified atom stereocenters. The first-order valence-electron chi connectivity index (χ1n) is 13.5. The van der Waals surface area contributed by atoms with E-state index in [9.17, 15) is 35.9 Å². The van der Waals surface area contributed by atoms with E-state index in [1.807, 2.05) is 0 Å². The van der Waals surface area contributed by atoms with Crippen molar-refractivity contribution >= 4 is 23.5 Å². The van der Waals surface area contributed by atoms with Gasteiger partial charge < -0.3 is 15.4 Å². The molecule has 2 aliphatic rings. The molecule has 230 valence electrons. The number of alkyl halides is 3. The van der Waals surface area contributed by atoms with Crippen molar-refractivity contribution < 1.29 is 40.7 Å². The van der Waals surface area contributed by atoms with Gasteiger partial charge in [0, 0.05) is 42.8 Å². The summed E-state index contributed by atoms with van der Waals surface area (Å²) >= 11 is 5.93. The van der Waals surface area contributed by atoms with Gasteiger partial charge in [-0.15, -0.1) is 0 Å². The van der Waals surface area contributed by atoms with E-state index in [0.29, 0.717) is 17.4 Å². The van der Waals surface area contributed by atoms with Gasteiger partial charge in [0.05, 0.1) is 10.7 Å². The second kappa shape index (κ2) is 11.5. The fraction of sp³-hybridized carbons (Fsp3) is 0.414. The molecule has 1 saturated heterocycles. The van der Waals surface area contributed by atoms with Crippen LogP contribution in [-0.2, 0) is 14.3 Å². The summed E-state index contributed by atoms with van der Waals surface area (Å²) in [5.41, 5.74) is 5.82. The molecule has 1 aliphatic heterocycles.